The zero-order valence-electron chi connectivity index (χ0n) is 10.8. The monoisotopic (exact) mass is 280 g/mol. The van der Waals surface area contributed by atoms with Crippen molar-refractivity contribution >= 4 is 17.6 Å². The molecule has 0 saturated heterocycles. The van der Waals surface area contributed by atoms with Crippen LogP contribution in [0.5, 0.6) is 5.75 Å². The molecule has 0 amide bonds. The Balaban J connectivity index is 1.98. The normalized spacial score (nSPS) is 22.2. The van der Waals surface area contributed by atoms with E-state index in [0.717, 1.165) is 12.8 Å². The molecule has 0 bridgehead atoms. The lowest BCUT2D eigenvalue weighted by Crippen LogP contribution is -2.21. The highest BCUT2D eigenvalue weighted by atomic mass is 35.5. The number of allylic oxidation sites excluding steroid dienone is 2. The summed E-state index contributed by atoms with van der Waals surface area (Å²) in [5.41, 5.74) is 0.1000. The highest BCUT2D eigenvalue weighted by molar-refractivity contribution is 6.33. The maximum atomic E-state index is 10.8. The van der Waals surface area contributed by atoms with E-state index in [4.69, 9.17) is 21.4 Å². The van der Waals surface area contributed by atoms with Crippen molar-refractivity contribution in [2.24, 2.45) is 11.8 Å². The first-order valence-corrected chi connectivity index (χ1v) is 6.76. The van der Waals surface area contributed by atoms with Gasteiger partial charge < -0.3 is 9.84 Å². The lowest BCUT2D eigenvalue weighted by molar-refractivity contribution is 0.0697. The molecule has 0 aromatic heterocycles. The summed E-state index contributed by atoms with van der Waals surface area (Å²) < 4.78 is 5.72. The second kappa shape index (κ2) is 6.11. The molecule has 102 valence electrons. The van der Waals surface area contributed by atoms with Crippen molar-refractivity contribution in [3.05, 3.63) is 40.9 Å². The van der Waals surface area contributed by atoms with Gasteiger partial charge in [-0.25, -0.2) is 4.79 Å². The summed E-state index contributed by atoms with van der Waals surface area (Å²) in [5.74, 6) is 0.709. The van der Waals surface area contributed by atoms with Gasteiger partial charge in [-0.2, -0.15) is 0 Å². The molecule has 1 aromatic carbocycles. The Labute approximate surface area is 117 Å². The van der Waals surface area contributed by atoms with Gasteiger partial charge in [0.2, 0.25) is 0 Å². The Morgan fingerprint density at radius 2 is 2.16 bits per heavy atom. The molecule has 1 aromatic rings. The van der Waals surface area contributed by atoms with E-state index in [0.29, 0.717) is 24.2 Å². The van der Waals surface area contributed by atoms with Gasteiger partial charge in [-0.1, -0.05) is 30.7 Å². The minimum atomic E-state index is -1.03. The number of rotatable bonds is 4. The Hall–Kier alpha value is -1.48. The van der Waals surface area contributed by atoms with E-state index in [1.165, 1.54) is 6.07 Å². The van der Waals surface area contributed by atoms with Crippen molar-refractivity contribution < 1.29 is 14.6 Å². The quantitative estimate of drug-likeness (QED) is 0.848. The summed E-state index contributed by atoms with van der Waals surface area (Å²) in [6.45, 7) is 2.85. The molecule has 0 aliphatic heterocycles. The van der Waals surface area contributed by atoms with Gasteiger partial charge >= 0.3 is 5.97 Å². The average molecular weight is 281 g/mol. The van der Waals surface area contributed by atoms with Crippen molar-refractivity contribution in [2.75, 3.05) is 6.61 Å². The summed E-state index contributed by atoms with van der Waals surface area (Å²) in [5, 5.41) is 9.10. The third kappa shape index (κ3) is 3.51. The number of benzene rings is 1. The summed E-state index contributed by atoms with van der Waals surface area (Å²) in [7, 11) is 0. The second-order valence-corrected chi connectivity index (χ2v) is 5.35. The highest BCUT2D eigenvalue weighted by Crippen LogP contribution is 2.27. The maximum absolute atomic E-state index is 10.8. The van der Waals surface area contributed by atoms with Gasteiger partial charge in [0.15, 0.2) is 0 Å². The lowest BCUT2D eigenvalue weighted by atomic mass is 9.85. The SMILES string of the molecule is CC1CC=CCC1COc1ccc(C(=O)O)c(Cl)c1. The molecule has 2 rings (SSSR count). The predicted octanol–water partition coefficient (Wildman–Crippen LogP) is 4.02. The molecule has 2 unspecified atom stereocenters. The molecule has 19 heavy (non-hydrogen) atoms. The summed E-state index contributed by atoms with van der Waals surface area (Å²) in [6, 6.07) is 4.69. The maximum Gasteiger partial charge on any atom is 0.337 e. The zero-order chi connectivity index (χ0) is 13.8. The lowest BCUT2D eigenvalue weighted by Gasteiger charge is -2.25. The Bertz CT molecular complexity index is 496. The van der Waals surface area contributed by atoms with Crippen LogP contribution >= 0.6 is 11.6 Å². The Kier molecular flexibility index (Phi) is 4.48. The number of hydrogen-bond donors (Lipinski definition) is 1. The fourth-order valence-corrected chi connectivity index (χ4v) is 2.45. The van der Waals surface area contributed by atoms with Crippen molar-refractivity contribution in [2.45, 2.75) is 19.8 Å². The average Bonchev–Trinajstić information content (AvgIpc) is 2.37. The Morgan fingerprint density at radius 3 is 2.79 bits per heavy atom. The van der Waals surface area contributed by atoms with E-state index in [2.05, 4.69) is 19.1 Å². The first-order chi connectivity index (χ1) is 9.08. The van der Waals surface area contributed by atoms with Crippen LogP contribution in [0.15, 0.2) is 30.4 Å². The standard InChI is InChI=1S/C15H17ClO3/c1-10-4-2-3-5-11(10)9-19-12-6-7-13(15(17)18)14(16)8-12/h2-3,6-8,10-11H,4-5,9H2,1H3,(H,17,18). The molecule has 3 nitrogen and oxygen atoms in total. The molecule has 1 aliphatic rings. The number of aromatic carboxylic acids is 1. The number of hydrogen-bond acceptors (Lipinski definition) is 2. The van der Waals surface area contributed by atoms with Crippen LogP contribution in [0.4, 0.5) is 0 Å². The van der Waals surface area contributed by atoms with Gasteiger partial charge in [0.25, 0.3) is 0 Å². The number of ether oxygens (including phenoxy) is 1. The number of carboxylic acid groups (broad SMARTS) is 1. The van der Waals surface area contributed by atoms with Crippen LogP contribution in [-0.4, -0.2) is 17.7 Å². The molecule has 0 saturated carbocycles. The second-order valence-electron chi connectivity index (χ2n) is 4.94. The van der Waals surface area contributed by atoms with Crippen LogP contribution in [-0.2, 0) is 0 Å². The fourth-order valence-electron chi connectivity index (χ4n) is 2.20. The molecule has 0 spiro atoms. The van der Waals surface area contributed by atoms with Crippen molar-refractivity contribution in [3.63, 3.8) is 0 Å². The number of halogens is 1. The van der Waals surface area contributed by atoms with Crippen LogP contribution in [0.1, 0.15) is 30.1 Å². The van der Waals surface area contributed by atoms with E-state index in [1.54, 1.807) is 12.1 Å². The van der Waals surface area contributed by atoms with Crippen LogP contribution < -0.4 is 4.74 Å². The fraction of sp³-hybridized carbons (Fsp3) is 0.400. The summed E-state index contributed by atoms with van der Waals surface area (Å²) in [4.78, 5) is 10.8. The third-order valence-corrected chi connectivity index (χ3v) is 3.87. The molecule has 2 atom stereocenters. The minimum Gasteiger partial charge on any atom is -0.493 e. The topological polar surface area (TPSA) is 46.5 Å². The van der Waals surface area contributed by atoms with Crippen molar-refractivity contribution in [1.29, 1.82) is 0 Å². The molecule has 0 heterocycles. The summed E-state index contributed by atoms with van der Waals surface area (Å²) in [6.07, 6.45) is 6.52. The molecule has 4 heteroatoms. The molecule has 0 radical (unpaired) electrons. The Morgan fingerprint density at radius 1 is 1.42 bits per heavy atom. The molecule has 1 aliphatic carbocycles. The van der Waals surface area contributed by atoms with Crippen LogP contribution in [0.3, 0.4) is 0 Å². The summed E-state index contributed by atoms with van der Waals surface area (Å²) >= 11 is 5.90. The van der Waals surface area contributed by atoms with Gasteiger partial charge in [-0.05, 0) is 42.9 Å². The molecular weight excluding hydrogens is 264 g/mol. The van der Waals surface area contributed by atoms with Gasteiger partial charge in [0.05, 0.1) is 17.2 Å². The van der Waals surface area contributed by atoms with Crippen LogP contribution in [0.25, 0.3) is 0 Å². The molecule has 0 fully saturated rings. The van der Waals surface area contributed by atoms with Gasteiger partial charge in [0, 0.05) is 0 Å². The smallest absolute Gasteiger partial charge is 0.337 e. The molecule has 1 N–H and O–H groups in total. The predicted molar refractivity (Wildman–Crippen MR) is 74.9 cm³/mol. The van der Waals surface area contributed by atoms with Gasteiger partial charge in [-0.3, -0.25) is 0 Å². The van der Waals surface area contributed by atoms with E-state index >= 15 is 0 Å². The largest absolute Gasteiger partial charge is 0.493 e. The number of carboxylic acids is 1. The van der Waals surface area contributed by atoms with Crippen LogP contribution in [0.2, 0.25) is 5.02 Å². The van der Waals surface area contributed by atoms with Crippen molar-refractivity contribution in [1.82, 2.24) is 0 Å². The molecular formula is C15H17ClO3. The van der Waals surface area contributed by atoms with Gasteiger partial charge in [-0.15, -0.1) is 0 Å². The first kappa shape index (κ1) is 13.9. The minimum absolute atomic E-state index is 0.1000. The van der Waals surface area contributed by atoms with Crippen molar-refractivity contribution in [3.8, 4) is 5.75 Å². The number of carbonyl (C=O) groups is 1. The third-order valence-electron chi connectivity index (χ3n) is 3.55. The zero-order valence-corrected chi connectivity index (χ0v) is 11.6. The van der Waals surface area contributed by atoms with E-state index in [1.807, 2.05) is 0 Å². The van der Waals surface area contributed by atoms with E-state index < -0.39 is 5.97 Å². The van der Waals surface area contributed by atoms with E-state index in [9.17, 15) is 4.79 Å². The van der Waals surface area contributed by atoms with E-state index in [-0.39, 0.29) is 10.6 Å². The first-order valence-electron chi connectivity index (χ1n) is 6.38. The highest BCUT2D eigenvalue weighted by Gasteiger charge is 2.19. The van der Waals surface area contributed by atoms with Crippen LogP contribution in [0, 0.1) is 11.8 Å². The van der Waals surface area contributed by atoms with Gasteiger partial charge in [0.1, 0.15) is 5.75 Å².